The number of nitrogens with zero attached hydrogens (tertiary/aromatic N) is 2. The van der Waals surface area contributed by atoms with Gasteiger partial charge in [-0.1, -0.05) is 12.2 Å². The van der Waals surface area contributed by atoms with E-state index in [2.05, 4.69) is 13.2 Å². The Morgan fingerprint density at radius 2 is 1.90 bits per heavy atom. The SMILES string of the molecule is C=CCN(CC=C)C(=O)COC(=O)c1ccc(C)n1C. The van der Waals surface area contributed by atoms with E-state index in [4.69, 9.17) is 4.74 Å². The molecule has 5 heteroatoms. The number of aryl methyl sites for hydroxylation is 1. The van der Waals surface area contributed by atoms with E-state index in [-0.39, 0.29) is 12.5 Å². The molecule has 20 heavy (non-hydrogen) atoms. The molecule has 0 N–H and O–H groups in total. The third kappa shape index (κ3) is 3.85. The standard InChI is InChI=1S/C15H20N2O3/c1-5-9-17(10-6-2)14(18)11-20-15(19)13-8-7-12(3)16(13)4/h5-8H,1-2,9-11H2,3-4H3. The van der Waals surface area contributed by atoms with Gasteiger partial charge in [-0.25, -0.2) is 4.79 Å². The lowest BCUT2D eigenvalue weighted by atomic mass is 10.4. The highest BCUT2D eigenvalue weighted by molar-refractivity contribution is 5.90. The monoisotopic (exact) mass is 276 g/mol. The molecule has 0 saturated heterocycles. The summed E-state index contributed by atoms with van der Waals surface area (Å²) in [4.78, 5) is 25.3. The molecule has 5 nitrogen and oxygen atoms in total. The average molecular weight is 276 g/mol. The van der Waals surface area contributed by atoms with Crippen LogP contribution in [0.4, 0.5) is 0 Å². The van der Waals surface area contributed by atoms with Gasteiger partial charge >= 0.3 is 5.97 Å². The fourth-order valence-corrected chi connectivity index (χ4v) is 1.70. The highest BCUT2D eigenvalue weighted by atomic mass is 16.5. The smallest absolute Gasteiger partial charge is 0.355 e. The summed E-state index contributed by atoms with van der Waals surface area (Å²) < 4.78 is 6.76. The van der Waals surface area contributed by atoms with Crippen LogP contribution in [0.1, 0.15) is 16.2 Å². The fraction of sp³-hybridized carbons (Fsp3) is 0.333. The summed E-state index contributed by atoms with van der Waals surface area (Å²) in [5.41, 5.74) is 1.37. The van der Waals surface area contributed by atoms with Gasteiger partial charge in [0, 0.05) is 25.8 Å². The predicted molar refractivity (Wildman–Crippen MR) is 77.4 cm³/mol. The molecule has 1 rings (SSSR count). The van der Waals surface area contributed by atoms with Crippen LogP contribution < -0.4 is 0 Å². The lowest BCUT2D eigenvalue weighted by molar-refractivity contribution is -0.133. The molecule has 0 aliphatic carbocycles. The van der Waals surface area contributed by atoms with E-state index < -0.39 is 5.97 Å². The Hall–Kier alpha value is -2.30. The summed E-state index contributed by atoms with van der Waals surface area (Å²) >= 11 is 0. The summed E-state index contributed by atoms with van der Waals surface area (Å²) in [6.07, 6.45) is 3.23. The van der Waals surface area contributed by atoms with E-state index in [0.717, 1.165) is 5.69 Å². The topological polar surface area (TPSA) is 51.5 Å². The summed E-state index contributed by atoms with van der Waals surface area (Å²) in [5.74, 6) is -0.782. The maximum atomic E-state index is 11.9. The first-order valence-electron chi connectivity index (χ1n) is 6.30. The van der Waals surface area contributed by atoms with Gasteiger partial charge in [-0.15, -0.1) is 13.2 Å². The molecule has 1 aromatic heterocycles. The molecule has 0 unspecified atom stereocenters. The first kappa shape index (κ1) is 15.8. The van der Waals surface area contributed by atoms with Gasteiger partial charge in [-0.3, -0.25) is 4.79 Å². The lowest BCUT2D eigenvalue weighted by Gasteiger charge is -2.19. The molecular formula is C15H20N2O3. The fourth-order valence-electron chi connectivity index (χ4n) is 1.70. The number of hydrogen-bond acceptors (Lipinski definition) is 3. The highest BCUT2D eigenvalue weighted by Crippen LogP contribution is 2.07. The van der Waals surface area contributed by atoms with E-state index in [0.29, 0.717) is 18.8 Å². The van der Waals surface area contributed by atoms with Gasteiger partial charge in [-0.05, 0) is 19.1 Å². The van der Waals surface area contributed by atoms with Crippen LogP contribution in [0, 0.1) is 6.92 Å². The maximum absolute atomic E-state index is 11.9. The van der Waals surface area contributed by atoms with Crippen molar-refractivity contribution in [3.63, 3.8) is 0 Å². The zero-order valence-corrected chi connectivity index (χ0v) is 12.0. The van der Waals surface area contributed by atoms with Crippen molar-refractivity contribution < 1.29 is 14.3 Å². The quantitative estimate of drug-likeness (QED) is 0.562. The molecule has 1 amide bonds. The number of ether oxygens (including phenoxy) is 1. The van der Waals surface area contributed by atoms with Crippen LogP contribution in [0.5, 0.6) is 0 Å². The Balaban J connectivity index is 2.59. The molecule has 1 aromatic rings. The van der Waals surface area contributed by atoms with Crippen LogP contribution in [-0.2, 0) is 16.6 Å². The largest absolute Gasteiger partial charge is 0.451 e. The minimum Gasteiger partial charge on any atom is -0.451 e. The molecule has 108 valence electrons. The first-order chi connectivity index (χ1) is 9.51. The van der Waals surface area contributed by atoms with Crippen LogP contribution in [-0.4, -0.2) is 41.0 Å². The molecule has 1 heterocycles. The van der Waals surface area contributed by atoms with Crippen molar-refractivity contribution in [2.45, 2.75) is 6.92 Å². The average Bonchev–Trinajstić information content (AvgIpc) is 2.76. The van der Waals surface area contributed by atoms with E-state index in [1.807, 2.05) is 13.0 Å². The van der Waals surface area contributed by atoms with Crippen molar-refractivity contribution in [2.24, 2.45) is 7.05 Å². The minimum atomic E-state index is -0.508. The molecule has 0 saturated carbocycles. The minimum absolute atomic E-state index is 0.274. The number of carbonyl (C=O) groups excluding carboxylic acids is 2. The summed E-state index contributed by atoms with van der Waals surface area (Å²) in [6.45, 7) is 9.55. The lowest BCUT2D eigenvalue weighted by Crippen LogP contribution is -2.35. The number of amides is 1. The van der Waals surface area contributed by atoms with E-state index >= 15 is 0 Å². The van der Waals surface area contributed by atoms with Crippen LogP contribution in [0.2, 0.25) is 0 Å². The summed E-state index contributed by atoms with van der Waals surface area (Å²) in [7, 11) is 1.77. The number of hydrogen-bond donors (Lipinski definition) is 0. The zero-order chi connectivity index (χ0) is 15.1. The molecule has 0 aliphatic rings. The van der Waals surface area contributed by atoms with Crippen molar-refractivity contribution >= 4 is 11.9 Å². The van der Waals surface area contributed by atoms with Crippen LogP contribution >= 0.6 is 0 Å². The number of aromatic nitrogens is 1. The third-order valence-electron chi connectivity index (χ3n) is 2.96. The van der Waals surface area contributed by atoms with Gasteiger partial charge in [0.1, 0.15) is 5.69 Å². The van der Waals surface area contributed by atoms with Gasteiger partial charge in [0.2, 0.25) is 0 Å². The molecule has 0 radical (unpaired) electrons. The second-order valence-corrected chi connectivity index (χ2v) is 4.37. The normalized spacial score (nSPS) is 9.90. The maximum Gasteiger partial charge on any atom is 0.355 e. The molecule has 0 aromatic carbocycles. The van der Waals surface area contributed by atoms with Crippen molar-refractivity contribution in [3.05, 3.63) is 48.8 Å². The Morgan fingerprint density at radius 3 is 2.35 bits per heavy atom. The van der Waals surface area contributed by atoms with Gasteiger partial charge in [0.15, 0.2) is 6.61 Å². The van der Waals surface area contributed by atoms with Gasteiger partial charge in [-0.2, -0.15) is 0 Å². The van der Waals surface area contributed by atoms with Crippen LogP contribution in [0.25, 0.3) is 0 Å². The highest BCUT2D eigenvalue weighted by Gasteiger charge is 2.16. The second-order valence-electron chi connectivity index (χ2n) is 4.37. The van der Waals surface area contributed by atoms with Crippen molar-refractivity contribution in [1.29, 1.82) is 0 Å². The Labute approximate surface area is 119 Å². The Kier molecular flexibility index (Phi) is 5.77. The van der Waals surface area contributed by atoms with E-state index in [1.165, 1.54) is 4.90 Å². The van der Waals surface area contributed by atoms with Crippen LogP contribution in [0.3, 0.4) is 0 Å². The third-order valence-corrected chi connectivity index (χ3v) is 2.96. The molecule has 0 fully saturated rings. The van der Waals surface area contributed by atoms with Crippen LogP contribution in [0.15, 0.2) is 37.4 Å². The molecule has 0 aliphatic heterocycles. The molecule has 0 atom stereocenters. The Morgan fingerprint density at radius 1 is 1.30 bits per heavy atom. The second kappa shape index (κ2) is 7.33. The number of rotatable bonds is 7. The van der Waals surface area contributed by atoms with Gasteiger partial charge in [0.25, 0.3) is 5.91 Å². The molecule has 0 bridgehead atoms. The van der Waals surface area contributed by atoms with Crippen molar-refractivity contribution in [1.82, 2.24) is 9.47 Å². The van der Waals surface area contributed by atoms with Gasteiger partial charge in [0.05, 0.1) is 0 Å². The summed E-state index contributed by atoms with van der Waals surface area (Å²) in [6, 6.07) is 3.49. The van der Waals surface area contributed by atoms with E-state index in [9.17, 15) is 9.59 Å². The number of esters is 1. The Bertz CT molecular complexity index is 507. The van der Waals surface area contributed by atoms with Crippen molar-refractivity contribution in [3.8, 4) is 0 Å². The molecule has 0 spiro atoms. The van der Waals surface area contributed by atoms with Crippen molar-refractivity contribution in [2.75, 3.05) is 19.7 Å². The predicted octanol–water partition coefficient (Wildman–Crippen LogP) is 1.69. The number of carbonyl (C=O) groups is 2. The zero-order valence-electron chi connectivity index (χ0n) is 12.0. The van der Waals surface area contributed by atoms with Gasteiger partial charge < -0.3 is 14.2 Å². The first-order valence-corrected chi connectivity index (χ1v) is 6.30. The summed E-state index contributed by atoms with van der Waals surface area (Å²) in [5, 5.41) is 0. The molecular weight excluding hydrogens is 256 g/mol. The van der Waals surface area contributed by atoms with E-state index in [1.54, 1.807) is 29.8 Å².